The highest BCUT2D eigenvalue weighted by Gasteiger charge is 2.32. The third kappa shape index (κ3) is 5.17. The Morgan fingerprint density at radius 1 is 1.14 bits per heavy atom. The molecule has 2 aliphatic heterocycles. The van der Waals surface area contributed by atoms with Gasteiger partial charge in [-0.3, -0.25) is 14.5 Å². The molecule has 1 fully saturated rings. The Hall–Kier alpha value is -3.01. The summed E-state index contributed by atoms with van der Waals surface area (Å²) in [5.41, 5.74) is 1.89. The summed E-state index contributed by atoms with van der Waals surface area (Å²) < 4.78 is 1.68. The summed E-state index contributed by atoms with van der Waals surface area (Å²) in [4.78, 5) is 34.4. The van der Waals surface area contributed by atoms with E-state index in [1.54, 1.807) is 0 Å². The Balaban J connectivity index is 1.06. The van der Waals surface area contributed by atoms with Crippen molar-refractivity contribution in [2.24, 2.45) is 0 Å². The highest BCUT2D eigenvalue weighted by molar-refractivity contribution is 7.71. The molecule has 1 aromatic heterocycles. The first-order valence-electron chi connectivity index (χ1n) is 11.8. The van der Waals surface area contributed by atoms with Crippen molar-refractivity contribution in [2.45, 2.75) is 18.9 Å². The number of nitrogens with one attached hydrogen (secondary N) is 2. The minimum Gasteiger partial charge on any atom is -0.369 e. The van der Waals surface area contributed by atoms with Crippen LogP contribution in [0.2, 0.25) is 5.02 Å². The molecule has 0 saturated carbocycles. The molecule has 2 N–H and O–H groups in total. The van der Waals surface area contributed by atoms with Crippen LogP contribution in [-0.4, -0.2) is 71.6 Å². The number of carbonyl (C=O) groups is 2. The van der Waals surface area contributed by atoms with E-state index in [9.17, 15) is 9.59 Å². The Bertz CT molecular complexity index is 1320. The fourth-order valence-corrected chi connectivity index (χ4v) is 5.15. The normalized spacial score (nSPS) is 17.9. The van der Waals surface area contributed by atoms with E-state index in [1.807, 2.05) is 42.5 Å². The molecule has 0 spiro atoms. The van der Waals surface area contributed by atoms with E-state index >= 15 is 0 Å². The van der Waals surface area contributed by atoms with Gasteiger partial charge < -0.3 is 15.5 Å². The molecular weight excluding hydrogens is 484 g/mol. The summed E-state index contributed by atoms with van der Waals surface area (Å²) in [5.74, 6) is 0.446. The van der Waals surface area contributed by atoms with Gasteiger partial charge in [-0.25, -0.2) is 9.55 Å². The van der Waals surface area contributed by atoms with Crippen molar-refractivity contribution in [3.05, 3.63) is 58.3 Å². The van der Waals surface area contributed by atoms with Gasteiger partial charge in [0.2, 0.25) is 10.7 Å². The third-order valence-electron chi connectivity index (χ3n) is 6.58. The van der Waals surface area contributed by atoms with Crippen LogP contribution in [0.1, 0.15) is 17.6 Å². The highest BCUT2D eigenvalue weighted by atomic mass is 35.5. The SMILES string of the molecule is O=C(CCC1Nc2c3ccccc3nc(=S)n2C1=O)NCCN1CCN(c2cccc(Cl)c2)CC1. The van der Waals surface area contributed by atoms with E-state index in [0.717, 1.165) is 54.3 Å². The maximum absolute atomic E-state index is 12.9. The molecule has 182 valence electrons. The van der Waals surface area contributed by atoms with Crippen molar-refractivity contribution in [3.8, 4) is 0 Å². The second-order valence-electron chi connectivity index (χ2n) is 8.83. The van der Waals surface area contributed by atoms with Crippen molar-refractivity contribution in [1.82, 2.24) is 19.8 Å². The summed E-state index contributed by atoms with van der Waals surface area (Å²) in [6, 6.07) is 15.0. The maximum Gasteiger partial charge on any atom is 0.257 e. The predicted octanol–water partition coefficient (Wildman–Crippen LogP) is 3.57. The van der Waals surface area contributed by atoms with Crippen LogP contribution in [0.25, 0.3) is 10.9 Å². The molecule has 3 aromatic rings. The Labute approximate surface area is 213 Å². The molecule has 10 heteroatoms. The number of nitrogens with zero attached hydrogens (tertiary/aromatic N) is 4. The minimum atomic E-state index is -0.491. The number of fused-ring (bicyclic) bond motifs is 3. The van der Waals surface area contributed by atoms with Crippen molar-refractivity contribution >= 4 is 58.0 Å². The molecule has 35 heavy (non-hydrogen) atoms. The van der Waals surface area contributed by atoms with Gasteiger partial charge in [-0.05, 0) is 49.0 Å². The molecule has 1 amide bonds. The Morgan fingerprint density at radius 2 is 1.94 bits per heavy atom. The molecule has 2 aromatic carbocycles. The largest absolute Gasteiger partial charge is 0.369 e. The van der Waals surface area contributed by atoms with Crippen LogP contribution in [0, 0.1) is 4.77 Å². The molecule has 2 aliphatic rings. The molecule has 1 unspecified atom stereocenters. The molecule has 5 rings (SSSR count). The smallest absolute Gasteiger partial charge is 0.257 e. The molecule has 1 saturated heterocycles. The lowest BCUT2D eigenvalue weighted by molar-refractivity contribution is -0.121. The van der Waals surface area contributed by atoms with Crippen LogP contribution in [0.5, 0.6) is 0 Å². The fourth-order valence-electron chi connectivity index (χ4n) is 4.69. The van der Waals surface area contributed by atoms with Crippen LogP contribution in [0.3, 0.4) is 0 Å². The number of para-hydroxylation sites is 1. The quantitative estimate of drug-likeness (QED) is 0.470. The monoisotopic (exact) mass is 510 g/mol. The van der Waals surface area contributed by atoms with Gasteiger partial charge >= 0.3 is 0 Å². The third-order valence-corrected chi connectivity index (χ3v) is 7.08. The van der Waals surface area contributed by atoms with Crippen molar-refractivity contribution < 1.29 is 9.59 Å². The first-order valence-corrected chi connectivity index (χ1v) is 12.6. The van der Waals surface area contributed by atoms with E-state index in [4.69, 9.17) is 23.8 Å². The van der Waals surface area contributed by atoms with Crippen LogP contribution in [0.4, 0.5) is 11.5 Å². The molecule has 8 nitrogen and oxygen atoms in total. The molecule has 1 atom stereocenters. The average Bonchev–Trinajstić information content (AvgIpc) is 3.20. The molecule has 0 radical (unpaired) electrons. The summed E-state index contributed by atoms with van der Waals surface area (Å²) in [5, 5.41) is 7.84. The van der Waals surface area contributed by atoms with E-state index in [1.165, 1.54) is 4.57 Å². The zero-order valence-corrected chi connectivity index (χ0v) is 20.8. The number of halogens is 1. The van der Waals surface area contributed by atoms with Crippen LogP contribution < -0.4 is 15.5 Å². The van der Waals surface area contributed by atoms with Gasteiger partial charge in [-0.15, -0.1) is 0 Å². The van der Waals surface area contributed by atoms with E-state index < -0.39 is 6.04 Å². The lowest BCUT2D eigenvalue weighted by Gasteiger charge is -2.36. The number of hydrogen-bond donors (Lipinski definition) is 2. The number of amides is 1. The summed E-state index contributed by atoms with van der Waals surface area (Å²) in [7, 11) is 0. The van der Waals surface area contributed by atoms with E-state index in [-0.39, 0.29) is 23.0 Å². The zero-order valence-electron chi connectivity index (χ0n) is 19.2. The molecule has 0 aliphatic carbocycles. The summed E-state index contributed by atoms with van der Waals surface area (Å²) in [6.07, 6.45) is 0.659. The number of hydrogen-bond acceptors (Lipinski definition) is 7. The second-order valence-corrected chi connectivity index (χ2v) is 9.63. The van der Waals surface area contributed by atoms with Crippen molar-refractivity contribution in [2.75, 3.05) is 49.5 Å². The van der Waals surface area contributed by atoms with Gasteiger partial charge in [0, 0.05) is 61.8 Å². The number of benzene rings is 2. The predicted molar refractivity (Wildman–Crippen MR) is 141 cm³/mol. The van der Waals surface area contributed by atoms with E-state index in [0.29, 0.717) is 18.8 Å². The van der Waals surface area contributed by atoms with E-state index in [2.05, 4.69) is 31.5 Å². The van der Waals surface area contributed by atoms with Crippen LogP contribution >= 0.6 is 23.8 Å². The second kappa shape index (κ2) is 10.3. The van der Waals surface area contributed by atoms with Gasteiger partial charge in [0.05, 0.1) is 5.52 Å². The Morgan fingerprint density at radius 3 is 2.74 bits per heavy atom. The standard InChI is InChI=1S/C25H27ClN6O2S/c26-17-4-3-5-18(16-17)31-14-12-30(13-15-31)11-10-27-22(33)9-8-21-24(34)32-23(28-21)19-6-1-2-7-20(19)29-25(32)35/h1-7,16,21,28H,8-15H2,(H,27,33). The Kier molecular flexibility index (Phi) is 6.99. The number of aromatic nitrogens is 2. The minimum absolute atomic E-state index is 0.0558. The first-order chi connectivity index (χ1) is 17.0. The van der Waals surface area contributed by atoms with Gasteiger partial charge in [-0.2, -0.15) is 0 Å². The maximum atomic E-state index is 12.9. The van der Waals surface area contributed by atoms with Crippen molar-refractivity contribution in [3.63, 3.8) is 0 Å². The molecule has 3 heterocycles. The first kappa shape index (κ1) is 23.7. The number of piperazine rings is 1. The highest BCUT2D eigenvalue weighted by Crippen LogP contribution is 2.29. The molecular formula is C25H27ClN6O2S. The van der Waals surface area contributed by atoms with Crippen LogP contribution in [0.15, 0.2) is 48.5 Å². The number of rotatable bonds is 7. The summed E-state index contributed by atoms with van der Waals surface area (Å²) >= 11 is 11.4. The van der Waals surface area contributed by atoms with Gasteiger partial charge in [0.15, 0.2) is 0 Å². The zero-order chi connectivity index (χ0) is 24.4. The topological polar surface area (TPSA) is 82.5 Å². The van der Waals surface area contributed by atoms with Gasteiger partial charge in [-0.1, -0.05) is 29.8 Å². The van der Waals surface area contributed by atoms with Gasteiger partial charge in [0.1, 0.15) is 11.9 Å². The summed E-state index contributed by atoms with van der Waals surface area (Å²) in [6.45, 7) is 5.11. The average molecular weight is 511 g/mol. The lowest BCUT2D eigenvalue weighted by Crippen LogP contribution is -2.48. The van der Waals surface area contributed by atoms with Gasteiger partial charge in [0.25, 0.3) is 5.91 Å². The fraction of sp³-hybridized carbons (Fsp3) is 0.360. The number of carbonyl (C=O) groups excluding carboxylic acids is 2. The molecule has 0 bridgehead atoms. The lowest BCUT2D eigenvalue weighted by atomic mass is 10.1. The van der Waals surface area contributed by atoms with Crippen LogP contribution in [-0.2, 0) is 4.79 Å². The van der Waals surface area contributed by atoms with Crippen molar-refractivity contribution in [1.29, 1.82) is 0 Å². The number of anilines is 2.